The normalized spacial score (nSPS) is 11.1. The molecule has 0 bridgehead atoms. The zero-order valence-electron chi connectivity index (χ0n) is 13.9. The lowest BCUT2D eigenvalue weighted by Crippen LogP contribution is -2.02. The molecule has 2 aromatic carbocycles. The van der Waals surface area contributed by atoms with E-state index in [0.717, 1.165) is 24.1 Å². The zero-order valence-corrected chi connectivity index (χ0v) is 14.8. The Morgan fingerprint density at radius 3 is 2.67 bits per heavy atom. The van der Waals surface area contributed by atoms with Gasteiger partial charge in [-0.2, -0.15) is 14.9 Å². The van der Waals surface area contributed by atoms with E-state index in [4.69, 9.17) is 12.2 Å². The van der Waals surface area contributed by atoms with Gasteiger partial charge in [-0.25, -0.2) is 0 Å². The van der Waals surface area contributed by atoms with Gasteiger partial charge in [-0.1, -0.05) is 30.3 Å². The van der Waals surface area contributed by atoms with Gasteiger partial charge in [0.05, 0.1) is 11.1 Å². The van der Waals surface area contributed by atoms with Crippen LogP contribution in [0.5, 0.6) is 11.5 Å². The molecular weight excluding hydrogens is 370 g/mol. The predicted molar refractivity (Wildman–Crippen MR) is 101 cm³/mol. The average Bonchev–Trinajstić information content (AvgIpc) is 2.99. The molecule has 0 aliphatic rings. The topological polar surface area (TPSA) is 130 Å². The summed E-state index contributed by atoms with van der Waals surface area (Å²) < 4.78 is 1.64. The SMILES string of the molecule is O=[N+]([O-])c1cc(/C=N\n2c(CCc3ccccc3)n[nH]c2=S)c(O)cc1O. The number of benzene rings is 2. The molecule has 0 fully saturated rings. The summed E-state index contributed by atoms with van der Waals surface area (Å²) in [5, 5.41) is 41.3. The molecule has 0 atom stereocenters. The third-order valence-electron chi connectivity index (χ3n) is 3.83. The molecule has 9 nitrogen and oxygen atoms in total. The number of aryl methyl sites for hydroxylation is 2. The number of hydrogen-bond donors (Lipinski definition) is 3. The third-order valence-corrected chi connectivity index (χ3v) is 4.09. The molecule has 0 aliphatic heterocycles. The fraction of sp³-hybridized carbons (Fsp3) is 0.118. The van der Waals surface area contributed by atoms with E-state index in [1.807, 2.05) is 30.3 Å². The second-order valence-electron chi connectivity index (χ2n) is 5.64. The summed E-state index contributed by atoms with van der Waals surface area (Å²) in [5.74, 6) is -0.395. The van der Waals surface area contributed by atoms with Crippen LogP contribution in [-0.2, 0) is 12.8 Å². The van der Waals surface area contributed by atoms with Crippen LogP contribution in [0.1, 0.15) is 17.0 Å². The number of H-pyrrole nitrogens is 1. The van der Waals surface area contributed by atoms with Crippen LogP contribution >= 0.6 is 12.2 Å². The largest absolute Gasteiger partial charge is 0.507 e. The summed E-state index contributed by atoms with van der Waals surface area (Å²) in [6.45, 7) is 0. The van der Waals surface area contributed by atoms with Gasteiger partial charge in [0.15, 0.2) is 11.6 Å². The van der Waals surface area contributed by atoms with E-state index in [1.54, 1.807) is 0 Å². The number of phenols is 2. The maximum absolute atomic E-state index is 10.9. The molecule has 0 saturated carbocycles. The van der Waals surface area contributed by atoms with Crippen LogP contribution < -0.4 is 0 Å². The molecule has 3 rings (SSSR count). The molecular formula is C17H15N5O4S. The van der Waals surface area contributed by atoms with Crippen LogP contribution in [0.2, 0.25) is 0 Å². The van der Waals surface area contributed by atoms with Crippen molar-refractivity contribution in [2.75, 3.05) is 0 Å². The van der Waals surface area contributed by atoms with E-state index in [0.29, 0.717) is 12.2 Å². The summed E-state index contributed by atoms with van der Waals surface area (Å²) >= 11 is 5.16. The molecule has 27 heavy (non-hydrogen) atoms. The van der Waals surface area contributed by atoms with Crippen LogP contribution in [-0.4, -0.2) is 36.2 Å². The highest BCUT2D eigenvalue weighted by Crippen LogP contribution is 2.32. The highest BCUT2D eigenvalue weighted by atomic mass is 32.1. The van der Waals surface area contributed by atoms with Gasteiger partial charge in [0, 0.05) is 24.1 Å². The monoisotopic (exact) mass is 385 g/mol. The molecule has 0 aliphatic carbocycles. The lowest BCUT2D eigenvalue weighted by Gasteiger charge is -2.03. The molecule has 10 heteroatoms. The minimum absolute atomic E-state index is 0.0663. The van der Waals surface area contributed by atoms with E-state index in [-0.39, 0.29) is 16.1 Å². The summed E-state index contributed by atoms with van der Waals surface area (Å²) in [6, 6.07) is 11.8. The minimum atomic E-state index is -0.749. The van der Waals surface area contributed by atoms with Crippen LogP contribution in [0.3, 0.4) is 0 Å². The fourth-order valence-electron chi connectivity index (χ4n) is 2.46. The van der Waals surface area contributed by atoms with Crippen molar-refractivity contribution in [3.8, 4) is 11.5 Å². The van der Waals surface area contributed by atoms with E-state index in [9.17, 15) is 20.3 Å². The molecule has 0 spiro atoms. The number of aromatic nitrogens is 3. The molecule has 0 unspecified atom stereocenters. The predicted octanol–water partition coefficient (Wildman–Crippen LogP) is 2.93. The zero-order chi connectivity index (χ0) is 19.4. The van der Waals surface area contributed by atoms with Crippen LogP contribution in [0.4, 0.5) is 5.69 Å². The van der Waals surface area contributed by atoms with Crippen molar-refractivity contribution in [1.29, 1.82) is 0 Å². The van der Waals surface area contributed by atoms with Crippen molar-refractivity contribution >= 4 is 24.1 Å². The number of nitrogens with zero attached hydrogens (tertiary/aromatic N) is 4. The molecule has 3 N–H and O–H groups in total. The van der Waals surface area contributed by atoms with E-state index < -0.39 is 16.4 Å². The molecule has 1 heterocycles. The first-order valence-corrected chi connectivity index (χ1v) is 8.31. The van der Waals surface area contributed by atoms with Gasteiger partial charge in [-0.05, 0) is 24.2 Å². The lowest BCUT2D eigenvalue weighted by atomic mass is 10.1. The molecule has 0 saturated heterocycles. The Labute approximate surface area is 158 Å². The minimum Gasteiger partial charge on any atom is -0.507 e. The van der Waals surface area contributed by atoms with Crippen molar-refractivity contribution < 1.29 is 15.1 Å². The Hall–Kier alpha value is -3.53. The van der Waals surface area contributed by atoms with Crippen LogP contribution in [0.25, 0.3) is 0 Å². The second kappa shape index (κ2) is 7.79. The fourth-order valence-corrected chi connectivity index (χ4v) is 2.66. The highest BCUT2D eigenvalue weighted by Gasteiger charge is 2.16. The number of rotatable bonds is 6. The van der Waals surface area contributed by atoms with Crippen molar-refractivity contribution in [3.05, 3.63) is 74.3 Å². The summed E-state index contributed by atoms with van der Waals surface area (Å²) in [7, 11) is 0. The first kappa shape index (κ1) is 18.3. The summed E-state index contributed by atoms with van der Waals surface area (Å²) in [4.78, 5) is 10.2. The molecule has 0 amide bonds. The van der Waals surface area contributed by atoms with Gasteiger partial charge in [0.1, 0.15) is 5.75 Å². The number of aromatic amines is 1. The number of nitro groups is 1. The number of hydrogen-bond acceptors (Lipinski definition) is 7. The van der Waals surface area contributed by atoms with E-state index >= 15 is 0 Å². The van der Waals surface area contributed by atoms with Crippen LogP contribution in [0, 0.1) is 14.9 Å². The highest BCUT2D eigenvalue weighted by molar-refractivity contribution is 7.71. The number of nitrogens with one attached hydrogen (secondary N) is 1. The van der Waals surface area contributed by atoms with E-state index in [2.05, 4.69) is 15.3 Å². The quantitative estimate of drug-likeness (QED) is 0.259. The van der Waals surface area contributed by atoms with Crippen molar-refractivity contribution in [2.24, 2.45) is 5.10 Å². The number of phenolic OH excluding ortho intramolecular Hbond substituents is 2. The first-order chi connectivity index (χ1) is 13.0. The van der Waals surface area contributed by atoms with Crippen LogP contribution in [0.15, 0.2) is 47.6 Å². The Morgan fingerprint density at radius 1 is 1.22 bits per heavy atom. The van der Waals surface area contributed by atoms with Gasteiger partial charge in [0.25, 0.3) is 0 Å². The standard InChI is InChI=1S/C17H15N5O4S/c23-14-9-15(24)13(22(25)26)8-12(14)10-18-21-16(19-20-17(21)27)7-6-11-4-2-1-3-5-11/h1-5,8-10,23-24H,6-7H2,(H,20,27)/b18-10-. The molecule has 1 aromatic heterocycles. The maximum Gasteiger partial charge on any atom is 0.311 e. The first-order valence-electron chi connectivity index (χ1n) is 7.90. The second-order valence-corrected chi connectivity index (χ2v) is 6.03. The van der Waals surface area contributed by atoms with E-state index in [1.165, 1.54) is 10.9 Å². The Morgan fingerprint density at radius 2 is 1.96 bits per heavy atom. The Kier molecular flexibility index (Phi) is 5.27. The van der Waals surface area contributed by atoms with Crippen molar-refractivity contribution in [2.45, 2.75) is 12.8 Å². The number of nitro benzene ring substituents is 1. The van der Waals surface area contributed by atoms with Gasteiger partial charge >= 0.3 is 5.69 Å². The number of aromatic hydroxyl groups is 2. The van der Waals surface area contributed by atoms with Gasteiger partial charge in [-0.15, -0.1) is 0 Å². The maximum atomic E-state index is 10.9. The lowest BCUT2D eigenvalue weighted by molar-refractivity contribution is -0.385. The third kappa shape index (κ3) is 4.18. The molecule has 0 radical (unpaired) electrons. The average molecular weight is 385 g/mol. The Bertz CT molecular complexity index is 1060. The summed E-state index contributed by atoms with van der Waals surface area (Å²) in [6.07, 6.45) is 2.52. The van der Waals surface area contributed by atoms with Crippen molar-refractivity contribution in [3.63, 3.8) is 0 Å². The van der Waals surface area contributed by atoms with Crippen molar-refractivity contribution in [1.82, 2.24) is 14.9 Å². The van der Waals surface area contributed by atoms with Gasteiger partial charge in [0.2, 0.25) is 4.77 Å². The molecule has 3 aromatic rings. The molecule has 138 valence electrons. The smallest absolute Gasteiger partial charge is 0.311 e. The van der Waals surface area contributed by atoms with Gasteiger partial charge in [-0.3, -0.25) is 15.2 Å². The van der Waals surface area contributed by atoms with Gasteiger partial charge < -0.3 is 10.2 Å². The Balaban J connectivity index is 1.86. The summed E-state index contributed by atoms with van der Waals surface area (Å²) in [5.41, 5.74) is 0.666.